The Morgan fingerprint density at radius 2 is 0.735 bits per heavy atom. The van der Waals surface area contributed by atoms with Crippen LogP contribution in [-0.4, -0.2) is 34.4 Å². The minimum atomic E-state index is 0.0885. The molecule has 0 aliphatic rings. The van der Waals surface area contributed by atoms with Gasteiger partial charge in [-0.3, -0.25) is 0 Å². The maximum atomic E-state index is 5.08. The van der Waals surface area contributed by atoms with E-state index in [1.165, 1.54) is 31.7 Å². The fraction of sp³-hybridized carbons (Fsp3) is 0. The van der Waals surface area contributed by atoms with Crippen molar-refractivity contribution in [1.29, 1.82) is 0 Å². The van der Waals surface area contributed by atoms with Gasteiger partial charge >= 0.3 is 231 Å². The minimum absolute atomic E-state index is 0.0885. The molecule has 2 heterocycles. The molecule has 0 N–H and O–H groups in total. The van der Waals surface area contributed by atoms with Crippen LogP contribution in [0.25, 0.3) is 87.1 Å². The van der Waals surface area contributed by atoms with Crippen LogP contribution in [0.1, 0.15) is 0 Å². The van der Waals surface area contributed by atoms with E-state index in [2.05, 4.69) is 152 Å². The predicted molar refractivity (Wildman–Crippen MR) is 202 cm³/mol. The number of hydrogen-bond acceptors (Lipinski definition) is 4. The summed E-state index contributed by atoms with van der Waals surface area (Å²) >= 11 is 0.0885. The zero-order valence-corrected chi connectivity index (χ0v) is 28.1. The number of aromatic nitrogens is 4. The molecule has 0 radical (unpaired) electrons. The zero-order chi connectivity index (χ0) is 32.6. The number of hydrogen-bond donors (Lipinski definition) is 0. The van der Waals surface area contributed by atoms with E-state index < -0.39 is 0 Å². The Bertz CT molecular complexity index is 2460. The number of fused-ring (bicyclic) bond motifs is 3. The summed E-state index contributed by atoms with van der Waals surface area (Å²) in [5.41, 5.74) is 9.73. The van der Waals surface area contributed by atoms with Crippen LogP contribution in [0.3, 0.4) is 0 Å². The van der Waals surface area contributed by atoms with Crippen LogP contribution in [-0.2, 0) is 0 Å². The van der Waals surface area contributed by atoms with Crippen LogP contribution in [0.15, 0.2) is 170 Å². The standard InChI is InChI=1S/C44H28N4Se/c1-4-10-29(11-5-1)31-16-21-34(22-17-31)41-46-42(35-23-18-32(19-24-35)30-12-6-2-7-13-30)48-43(47-41)37-25-20-33-26-27-39-40(38(33)28-37)49-44(45-39)36-14-8-3-9-15-36/h1-28H. The van der Waals surface area contributed by atoms with Crippen molar-refractivity contribution in [2.75, 3.05) is 0 Å². The van der Waals surface area contributed by atoms with Crippen molar-refractivity contribution in [3.8, 4) is 66.5 Å². The van der Waals surface area contributed by atoms with E-state index in [0.29, 0.717) is 17.5 Å². The predicted octanol–water partition coefficient (Wildman–Crippen LogP) is 10.6. The first-order valence-corrected chi connectivity index (χ1v) is 17.9. The Morgan fingerprint density at radius 3 is 1.27 bits per heavy atom. The quantitative estimate of drug-likeness (QED) is 0.163. The average Bonchev–Trinajstić information content (AvgIpc) is 3.64. The molecule has 0 aliphatic heterocycles. The largest absolute Gasteiger partial charge is 0.0617 e. The summed E-state index contributed by atoms with van der Waals surface area (Å²) in [7, 11) is 0. The number of benzene rings is 7. The monoisotopic (exact) mass is 692 g/mol. The third-order valence-electron chi connectivity index (χ3n) is 8.79. The van der Waals surface area contributed by atoms with Gasteiger partial charge in [0.15, 0.2) is 0 Å². The molecule has 0 saturated heterocycles. The van der Waals surface area contributed by atoms with Crippen molar-refractivity contribution in [3.63, 3.8) is 0 Å². The molecule has 0 bridgehead atoms. The van der Waals surface area contributed by atoms with E-state index in [9.17, 15) is 0 Å². The van der Waals surface area contributed by atoms with Gasteiger partial charge in [-0.15, -0.1) is 0 Å². The first-order valence-electron chi connectivity index (χ1n) is 16.2. The van der Waals surface area contributed by atoms with E-state index in [1.54, 1.807) is 0 Å². The summed E-state index contributed by atoms with van der Waals surface area (Å²) in [6, 6.07) is 59.1. The van der Waals surface area contributed by atoms with Crippen LogP contribution in [0.5, 0.6) is 0 Å². The van der Waals surface area contributed by atoms with E-state index in [-0.39, 0.29) is 14.5 Å². The molecular weight excluding hydrogens is 663 g/mol. The molecule has 0 amide bonds. The molecule has 0 atom stereocenters. The Hall–Kier alpha value is -6.00. The normalized spacial score (nSPS) is 11.3. The molecule has 0 saturated carbocycles. The summed E-state index contributed by atoms with van der Waals surface area (Å²) in [5.74, 6) is 1.93. The van der Waals surface area contributed by atoms with Gasteiger partial charge in [0, 0.05) is 0 Å². The van der Waals surface area contributed by atoms with Gasteiger partial charge in [-0.1, -0.05) is 60.7 Å². The maximum Gasteiger partial charge on any atom is -0.0544 e. The average molecular weight is 692 g/mol. The molecule has 4 nitrogen and oxygen atoms in total. The second kappa shape index (κ2) is 12.6. The van der Waals surface area contributed by atoms with Crippen molar-refractivity contribution in [2.45, 2.75) is 0 Å². The Labute approximate surface area is 290 Å². The van der Waals surface area contributed by atoms with Crippen molar-refractivity contribution >= 4 is 35.1 Å². The molecule has 5 heteroatoms. The summed E-state index contributed by atoms with van der Waals surface area (Å²) in [4.78, 5) is 20.2. The minimum Gasteiger partial charge on any atom is -0.0617 e. The van der Waals surface area contributed by atoms with Crippen LogP contribution in [0.2, 0.25) is 0 Å². The molecule has 0 aliphatic carbocycles. The molecule has 0 fully saturated rings. The van der Waals surface area contributed by atoms with E-state index in [1.807, 2.05) is 18.2 Å². The molecule has 230 valence electrons. The van der Waals surface area contributed by atoms with Gasteiger partial charge in [0.1, 0.15) is 0 Å². The van der Waals surface area contributed by atoms with E-state index in [4.69, 9.17) is 19.9 Å². The van der Waals surface area contributed by atoms with Gasteiger partial charge in [-0.25, -0.2) is 0 Å². The molecular formula is C44H28N4Se. The van der Waals surface area contributed by atoms with Gasteiger partial charge < -0.3 is 0 Å². The van der Waals surface area contributed by atoms with Crippen molar-refractivity contribution in [1.82, 2.24) is 19.9 Å². The summed E-state index contributed by atoms with van der Waals surface area (Å²) < 4.78 is 2.46. The maximum absolute atomic E-state index is 5.08. The molecule has 0 unspecified atom stereocenters. The van der Waals surface area contributed by atoms with Crippen molar-refractivity contribution in [3.05, 3.63) is 170 Å². The second-order valence-corrected chi connectivity index (χ2v) is 14.0. The van der Waals surface area contributed by atoms with E-state index >= 15 is 0 Å². The SMILES string of the molecule is c1ccc(-c2ccc(-c3nc(-c4ccc(-c5ccccc5)cc4)nc(-c4ccc5ccc6nc(-c7ccccc7)[se]c6c5c4)n3)cc2)cc1. The molecule has 49 heavy (non-hydrogen) atoms. The summed E-state index contributed by atoms with van der Waals surface area (Å²) in [5, 5.41) is 2.39. The topological polar surface area (TPSA) is 51.6 Å². The second-order valence-electron chi connectivity index (χ2n) is 11.9. The fourth-order valence-corrected chi connectivity index (χ4v) is 8.50. The van der Waals surface area contributed by atoms with Crippen molar-refractivity contribution < 1.29 is 0 Å². The van der Waals surface area contributed by atoms with Gasteiger partial charge in [0.2, 0.25) is 0 Å². The third kappa shape index (κ3) is 5.76. The molecule has 0 spiro atoms. The van der Waals surface area contributed by atoms with Crippen LogP contribution in [0.4, 0.5) is 0 Å². The van der Waals surface area contributed by atoms with Crippen molar-refractivity contribution in [2.24, 2.45) is 0 Å². The van der Waals surface area contributed by atoms with Gasteiger partial charge in [0.25, 0.3) is 0 Å². The Kier molecular flexibility index (Phi) is 7.47. The third-order valence-corrected chi connectivity index (χ3v) is 11.2. The van der Waals surface area contributed by atoms with Gasteiger partial charge in [-0.05, 0) is 0 Å². The Morgan fingerprint density at radius 1 is 0.327 bits per heavy atom. The zero-order valence-electron chi connectivity index (χ0n) is 26.4. The summed E-state index contributed by atoms with van der Waals surface area (Å²) in [6.45, 7) is 0. The van der Waals surface area contributed by atoms with Gasteiger partial charge in [-0.2, -0.15) is 0 Å². The number of nitrogens with zero attached hydrogens (tertiary/aromatic N) is 4. The van der Waals surface area contributed by atoms with E-state index in [0.717, 1.165) is 37.9 Å². The summed E-state index contributed by atoms with van der Waals surface area (Å²) in [6.07, 6.45) is 0. The molecule has 2 aromatic heterocycles. The Balaban J connectivity index is 1.17. The number of rotatable bonds is 6. The van der Waals surface area contributed by atoms with Crippen LogP contribution in [0, 0.1) is 0 Å². The smallest absolute Gasteiger partial charge is 0.0544 e. The first-order chi connectivity index (χ1) is 24.2. The van der Waals surface area contributed by atoms with Crippen LogP contribution >= 0.6 is 0 Å². The molecule has 9 rings (SSSR count). The van der Waals surface area contributed by atoms with Gasteiger partial charge in [0.05, 0.1) is 0 Å². The first kappa shape index (κ1) is 29.2. The molecule has 9 aromatic rings. The molecule has 7 aromatic carbocycles. The van der Waals surface area contributed by atoms with Crippen LogP contribution < -0.4 is 0 Å². The fourth-order valence-electron chi connectivity index (χ4n) is 6.20.